The van der Waals surface area contributed by atoms with E-state index < -0.39 is 0 Å². The Balaban J connectivity index is 1.63. The number of carbonyl (C=O) groups excluding carboxylic acids is 1. The molecule has 6 nitrogen and oxygen atoms in total. The fraction of sp³-hybridized carbons (Fsp3) is 0.471. The van der Waals surface area contributed by atoms with E-state index in [0.29, 0.717) is 30.9 Å². The van der Waals surface area contributed by atoms with Crippen LogP contribution < -0.4 is 10.1 Å². The van der Waals surface area contributed by atoms with E-state index in [0.717, 1.165) is 17.1 Å². The van der Waals surface area contributed by atoms with Crippen LogP contribution in [0.5, 0.6) is 5.75 Å². The molecule has 1 aliphatic rings. The number of H-pyrrole nitrogens is 1. The molecule has 1 amide bonds. The molecule has 2 N–H and O–H groups in total. The average Bonchev–Trinajstić information content (AvgIpc) is 2.95. The first kappa shape index (κ1) is 16.7. The molecule has 0 spiro atoms. The third kappa shape index (κ3) is 3.36. The highest BCUT2D eigenvalue weighted by atomic mass is 32.1. The van der Waals surface area contributed by atoms with Gasteiger partial charge in [0.2, 0.25) is 5.91 Å². The van der Waals surface area contributed by atoms with Gasteiger partial charge in [0.05, 0.1) is 12.5 Å². The van der Waals surface area contributed by atoms with Crippen LogP contribution in [-0.4, -0.2) is 33.8 Å². The zero-order valence-electron chi connectivity index (χ0n) is 13.9. The van der Waals surface area contributed by atoms with Gasteiger partial charge in [0.1, 0.15) is 11.6 Å². The van der Waals surface area contributed by atoms with Gasteiger partial charge in [-0.2, -0.15) is 5.10 Å². The minimum atomic E-state index is -0.156. The Kier molecular flexibility index (Phi) is 4.99. The topological polar surface area (TPSA) is 71.9 Å². The number of aromatic nitrogens is 3. The zero-order valence-corrected chi connectivity index (χ0v) is 14.7. The van der Waals surface area contributed by atoms with E-state index in [2.05, 4.69) is 29.4 Å². The van der Waals surface area contributed by atoms with E-state index in [1.807, 2.05) is 28.8 Å². The number of hydrogen-bond donors (Lipinski definition) is 2. The minimum absolute atomic E-state index is 0.0341. The van der Waals surface area contributed by atoms with E-state index in [1.165, 1.54) is 0 Å². The quantitative estimate of drug-likeness (QED) is 0.817. The molecular formula is C17H22N4O2S. The third-order valence-corrected chi connectivity index (χ3v) is 4.53. The largest absolute Gasteiger partial charge is 0.493 e. The smallest absolute Gasteiger partial charge is 0.227 e. The number of aromatic amines is 1. The lowest BCUT2D eigenvalue weighted by atomic mass is 9.92. The predicted octanol–water partition coefficient (Wildman–Crippen LogP) is 2.75. The fourth-order valence-electron chi connectivity index (χ4n) is 3.02. The van der Waals surface area contributed by atoms with Gasteiger partial charge in [0, 0.05) is 24.6 Å². The molecule has 1 atom stereocenters. The van der Waals surface area contributed by atoms with Crippen molar-refractivity contribution in [2.75, 3.05) is 13.2 Å². The Morgan fingerprint density at radius 1 is 1.50 bits per heavy atom. The van der Waals surface area contributed by atoms with Gasteiger partial charge in [-0.15, -0.1) is 0 Å². The summed E-state index contributed by atoms with van der Waals surface area (Å²) in [5.74, 6) is 1.87. The van der Waals surface area contributed by atoms with Gasteiger partial charge in [-0.3, -0.25) is 9.89 Å². The number of nitrogens with zero attached hydrogens (tertiary/aromatic N) is 2. The summed E-state index contributed by atoms with van der Waals surface area (Å²) in [4.78, 5) is 12.6. The average molecular weight is 346 g/mol. The normalized spacial score (nSPS) is 16.5. The molecule has 0 bridgehead atoms. The van der Waals surface area contributed by atoms with Crippen molar-refractivity contribution < 1.29 is 9.53 Å². The molecule has 24 heavy (non-hydrogen) atoms. The number of hydrogen-bond acceptors (Lipinski definition) is 4. The van der Waals surface area contributed by atoms with Crippen LogP contribution in [0.1, 0.15) is 43.5 Å². The molecule has 1 aromatic heterocycles. The van der Waals surface area contributed by atoms with Crippen molar-refractivity contribution in [1.82, 2.24) is 20.1 Å². The van der Waals surface area contributed by atoms with Gasteiger partial charge < -0.3 is 14.6 Å². The second-order valence-electron chi connectivity index (χ2n) is 6.21. The Hall–Kier alpha value is -2.15. The first-order chi connectivity index (χ1) is 11.6. The number of benzene rings is 1. The highest BCUT2D eigenvalue weighted by molar-refractivity contribution is 7.71. The van der Waals surface area contributed by atoms with Crippen LogP contribution in [0.15, 0.2) is 24.3 Å². The molecule has 0 fully saturated rings. The SMILES string of the molecule is CC(C)c1n[nH]c(=S)n1CCNC(=O)[C@H]1CCOc2ccccc21. The Labute approximate surface area is 146 Å². The van der Waals surface area contributed by atoms with Gasteiger partial charge in [-0.1, -0.05) is 32.0 Å². The molecule has 0 radical (unpaired) electrons. The summed E-state index contributed by atoms with van der Waals surface area (Å²) in [5.41, 5.74) is 0.962. The summed E-state index contributed by atoms with van der Waals surface area (Å²) in [6.45, 7) is 5.84. The maximum atomic E-state index is 12.6. The molecular weight excluding hydrogens is 324 g/mol. The van der Waals surface area contributed by atoms with Gasteiger partial charge in [-0.05, 0) is 24.7 Å². The maximum absolute atomic E-state index is 12.6. The van der Waals surface area contributed by atoms with E-state index >= 15 is 0 Å². The number of carbonyl (C=O) groups is 1. The molecule has 1 aliphatic heterocycles. The number of para-hydroxylation sites is 1. The summed E-state index contributed by atoms with van der Waals surface area (Å²) in [7, 11) is 0. The van der Waals surface area contributed by atoms with Gasteiger partial charge in [-0.25, -0.2) is 0 Å². The second-order valence-corrected chi connectivity index (χ2v) is 6.60. The van der Waals surface area contributed by atoms with Gasteiger partial charge in [0.15, 0.2) is 4.77 Å². The summed E-state index contributed by atoms with van der Waals surface area (Å²) < 4.78 is 8.14. The first-order valence-corrected chi connectivity index (χ1v) is 8.63. The first-order valence-electron chi connectivity index (χ1n) is 8.22. The molecule has 7 heteroatoms. The van der Waals surface area contributed by atoms with Crippen molar-refractivity contribution in [1.29, 1.82) is 0 Å². The third-order valence-electron chi connectivity index (χ3n) is 4.21. The predicted molar refractivity (Wildman–Crippen MR) is 93.8 cm³/mol. The molecule has 0 unspecified atom stereocenters. The van der Waals surface area contributed by atoms with Crippen molar-refractivity contribution in [2.45, 2.75) is 38.6 Å². The monoisotopic (exact) mass is 346 g/mol. The van der Waals surface area contributed by atoms with Crippen LogP contribution >= 0.6 is 12.2 Å². The van der Waals surface area contributed by atoms with Crippen molar-refractivity contribution in [2.24, 2.45) is 0 Å². The van der Waals surface area contributed by atoms with Crippen LogP contribution in [0.4, 0.5) is 0 Å². The second kappa shape index (κ2) is 7.17. The van der Waals surface area contributed by atoms with Crippen LogP contribution in [-0.2, 0) is 11.3 Å². The fourth-order valence-corrected chi connectivity index (χ4v) is 3.25. The lowest BCUT2D eigenvalue weighted by molar-refractivity contribution is -0.123. The number of ether oxygens (including phenoxy) is 1. The van der Waals surface area contributed by atoms with Crippen LogP contribution in [0, 0.1) is 4.77 Å². The standard InChI is InChI=1S/C17H22N4O2S/c1-11(2)15-19-20-17(24)21(15)9-8-18-16(22)13-7-10-23-14-6-4-3-5-12(13)14/h3-6,11,13H,7-10H2,1-2H3,(H,18,22)(H,20,24)/t13-/m0/s1. The number of fused-ring (bicyclic) bond motifs is 1. The van der Waals surface area contributed by atoms with Gasteiger partial charge in [0.25, 0.3) is 0 Å². The van der Waals surface area contributed by atoms with Crippen LogP contribution in [0.3, 0.4) is 0 Å². The number of rotatable bonds is 5. The van der Waals surface area contributed by atoms with Crippen LogP contribution in [0.2, 0.25) is 0 Å². The van der Waals surface area contributed by atoms with E-state index in [-0.39, 0.29) is 17.7 Å². The number of amides is 1. The molecule has 2 heterocycles. The molecule has 3 rings (SSSR count). The maximum Gasteiger partial charge on any atom is 0.227 e. The Morgan fingerprint density at radius 2 is 2.29 bits per heavy atom. The highest BCUT2D eigenvalue weighted by Crippen LogP contribution is 2.33. The summed E-state index contributed by atoms with van der Waals surface area (Å²) >= 11 is 5.26. The molecule has 1 aromatic carbocycles. The molecule has 0 saturated carbocycles. The van der Waals surface area contributed by atoms with Crippen molar-refractivity contribution in [3.63, 3.8) is 0 Å². The van der Waals surface area contributed by atoms with Crippen molar-refractivity contribution in [3.05, 3.63) is 40.4 Å². The summed E-state index contributed by atoms with van der Waals surface area (Å²) in [6.07, 6.45) is 0.700. The number of nitrogens with one attached hydrogen (secondary N) is 2. The zero-order chi connectivity index (χ0) is 17.1. The summed E-state index contributed by atoms with van der Waals surface area (Å²) in [6, 6.07) is 7.73. The molecule has 0 aliphatic carbocycles. The molecule has 2 aromatic rings. The lowest BCUT2D eigenvalue weighted by Gasteiger charge is -2.25. The van der Waals surface area contributed by atoms with Gasteiger partial charge >= 0.3 is 0 Å². The lowest BCUT2D eigenvalue weighted by Crippen LogP contribution is -2.34. The van der Waals surface area contributed by atoms with Crippen molar-refractivity contribution in [3.8, 4) is 5.75 Å². The highest BCUT2D eigenvalue weighted by Gasteiger charge is 2.27. The van der Waals surface area contributed by atoms with Crippen molar-refractivity contribution >= 4 is 18.1 Å². The Bertz CT molecular complexity index is 781. The minimum Gasteiger partial charge on any atom is -0.493 e. The van der Waals surface area contributed by atoms with E-state index in [1.54, 1.807) is 0 Å². The van der Waals surface area contributed by atoms with Crippen LogP contribution in [0.25, 0.3) is 0 Å². The summed E-state index contributed by atoms with van der Waals surface area (Å²) in [5, 5.41) is 10.1. The molecule has 0 saturated heterocycles. The molecule has 128 valence electrons. The van der Waals surface area contributed by atoms with E-state index in [9.17, 15) is 4.79 Å². The van der Waals surface area contributed by atoms with E-state index in [4.69, 9.17) is 17.0 Å². The Morgan fingerprint density at radius 3 is 3.08 bits per heavy atom.